The lowest BCUT2D eigenvalue weighted by Crippen LogP contribution is -2.17. The minimum Gasteiger partial charge on any atom is -0.462 e. The fourth-order valence-corrected chi connectivity index (χ4v) is 5.38. The number of pyridine rings is 1. The van der Waals surface area contributed by atoms with Gasteiger partial charge in [-0.3, -0.25) is 9.89 Å². The summed E-state index contributed by atoms with van der Waals surface area (Å²) in [6, 6.07) is 40.0. The average molecular weight is 578 g/mol. The fraction of sp³-hybridized carbons (Fsp3) is 0.0556. The number of esters is 1. The van der Waals surface area contributed by atoms with Gasteiger partial charge in [-0.1, -0.05) is 97.1 Å². The number of carbonyl (C=O) groups excluding carboxylic acids is 1. The van der Waals surface area contributed by atoms with Crippen LogP contribution in [-0.2, 0) is 4.74 Å². The number of aromatic amines is 1. The average Bonchev–Trinajstić information content (AvgIpc) is 3.63. The lowest BCUT2D eigenvalue weighted by molar-refractivity contribution is 0.0527. The molecule has 214 valence electrons. The molecule has 0 bridgehead atoms. The predicted octanol–water partition coefficient (Wildman–Crippen LogP) is 7.08. The lowest BCUT2D eigenvalue weighted by atomic mass is 10.00. The van der Waals surface area contributed by atoms with E-state index in [1.807, 2.05) is 121 Å². The molecule has 3 heterocycles. The lowest BCUT2D eigenvalue weighted by Gasteiger charge is -2.10. The molecule has 0 aliphatic heterocycles. The number of H-pyrrole nitrogens is 1. The molecule has 3 aromatic heterocycles. The van der Waals surface area contributed by atoms with Crippen LogP contribution >= 0.6 is 0 Å². The second-order valence-electron chi connectivity index (χ2n) is 10.1. The Hall–Kier alpha value is -6.02. The van der Waals surface area contributed by atoms with E-state index >= 15 is 0 Å². The van der Waals surface area contributed by atoms with Crippen LogP contribution in [0.15, 0.2) is 132 Å². The zero-order valence-corrected chi connectivity index (χ0v) is 23.8. The summed E-state index contributed by atoms with van der Waals surface area (Å²) in [5, 5.41) is 8.93. The van der Waals surface area contributed by atoms with E-state index in [0.29, 0.717) is 28.1 Å². The highest BCUT2D eigenvalue weighted by atomic mass is 16.5. The van der Waals surface area contributed by atoms with E-state index in [9.17, 15) is 9.59 Å². The molecular weight excluding hydrogens is 550 g/mol. The van der Waals surface area contributed by atoms with E-state index in [0.717, 1.165) is 16.8 Å². The van der Waals surface area contributed by atoms with Crippen molar-refractivity contribution in [1.82, 2.24) is 24.5 Å². The van der Waals surface area contributed by atoms with Crippen LogP contribution in [0.3, 0.4) is 0 Å². The molecule has 0 fully saturated rings. The minimum absolute atomic E-state index is 0.165. The molecule has 4 aromatic carbocycles. The van der Waals surface area contributed by atoms with E-state index in [4.69, 9.17) is 14.8 Å². The van der Waals surface area contributed by atoms with E-state index in [1.165, 1.54) is 4.68 Å². The second kappa shape index (κ2) is 11.3. The zero-order chi connectivity index (χ0) is 30.0. The van der Waals surface area contributed by atoms with E-state index < -0.39 is 5.97 Å². The maximum Gasteiger partial charge on any atom is 0.340 e. The van der Waals surface area contributed by atoms with Crippen molar-refractivity contribution >= 4 is 17.0 Å². The number of nitrogens with zero attached hydrogens (tertiary/aromatic N) is 4. The first-order valence-corrected chi connectivity index (χ1v) is 14.3. The molecule has 8 nitrogen and oxygen atoms in total. The molecule has 0 unspecified atom stereocenters. The third-order valence-electron chi connectivity index (χ3n) is 7.41. The highest BCUT2D eigenvalue weighted by Crippen LogP contribution is 2.36. The molecule has 1 N–H and O–H groups in total. The highest BCUT2D eigenvalue weighted by molar-refractivity contribution is 6.04. The van der Waals surface area contributed by atoms with Crippen molar-refractivity contribution in [3.63, 3.8) is 0 Å². The normalized spacial score (nSPS) is 11.1. The number of hydrogen-bond acceptors (Lipinski definition) is 5. The van der Waals surface area contributed by atoms with Gasteiger partial charge < -0.3 is 4.74 Å². The van der Waals surface area contributed by atoms with Crippen molar-refractivity contribution in [1.29, 1.82) is 0 Å². The van der Waals surface area contributed by atoms with Gasteiger partial charge in [-0.15, -0.1) is 0 Å². The van der Waals surface area contributed by atoms with Crippen LogP contribution < -0.4 is 5.56 Å². The SMILES string of the molecule is CCOC(=O)c1cc2c(-c3ccccc3)nn(-c3ccccc3)c2nc1-c1c(-c2ccccc2)[nH]n(-c2ccccc2)c1=O. The molecule has 0 radical (unpaired) electrons. The zero-order valence-electron chi connectivity index (χ0n) is 23.8. The Balaban J connectivity index is 1.59. The first kappa shape index (κ1) is 26.9. The van der Waals surface area contributed by atoms with Gasteiger partial charge in [0.25, 0.3) is 5.56 Å². The maximum atomic E-state index is 14.3. The second-order valence-corrected chi connectivity index (χ2v) is 10.1. The van der Waals surface area contributed by atoms with Gasteiger partial charge in [0.2, 0.25) is 0 Å². The Morgan fingerprint density at radius 2 is 1.32 bits per heavy atom. The standard InChI is InChI=1S/C36H27N5O3/c1-2-44-36(43)29-23-28-31(24-15-7-3-8-16-24)38-40(26-19-11-5-12-20-26)34(28)37-33(29)30-32(25-17-9-4-10-18-25)39-41(35(30)42)27-21-13-6-14-22-27/h3-23,39H,2H2,1H3. The van der Waals surface area contributed by atoms with E-state index in [2.05, 4.69) is 5.10 Å². The van der Waals surface area contributed by atoms with Crippen molar-refractivity contribution in [3.8, 4) is 45.1 Å². The Bertz CT molecular complexity index is 2150. The number of rotatable bonds is 7. The Morgan fingerprint density at radius 3 is 1.93 bits per heavy atom. The molecule has 0 atom stereocenters. The summed E-state index contributed by atoms with van der Waals surface area (Å²) in [5.74, 6) is -0.575. The molecule has 0 aliphatic carbocycles. The van der Waals surface area contributed by atoms with Crippen molar-refractivity contribution < 1.29 is 9.53 Å². The van der Waals surface area contributed by atoms with Crippen molar-refractivity contribution in [2.75, 3.05) is 6.61 Å². The Kier molecular flexibility index (Phi) is 6.92. The monoisotopic (exact) mass is 577 g/mol. The third kappa shape index (κ3) is 4.68. The largest absolute Gasteiger partial charge is 0.462 e. The number of carbonyl (C=O) groups is 1. The van der Waals surface area contributed by atoms with Crippen LogP contribution in [0.5, 0.6) is 0 Å². The predicted molar refractivity (Wildman–Crippen MR) is 171 cm³/mol. The van der Waals surface area contributed by atoms with Gasteiger partial charge in [0.1, 0.15) is 5.69 Å². The quantitative estimate of drug-likeness (QED) is 0.204. The van der Waals surface area contributed by atoms with Crippen LogP contribution in [0.2, 0.25) is 0 Å². The Morgan fingerprint density at radius 1 is 0.750 bits per heavy atom. The number of hydrogen-bond donors (Lipinski definition) is 1. The van der Waals surface area contributed by atoms with E-state index in [-0.39, 0.29) is 29.0 Å². The molecular formula is C36H27N5O3. The molecule has 44 heavy (non-hydrogen) atoms. The highest BCUT2D eigenvalue weighted by Gasteiger charge is 2.28. The van der Waals surface area contributed by atoms with Gasteiger partial charge in [0.05, 0.1) is 40.5 Å². The van der Waals surface area contributed by atoms with Gasteiger partial charge in [-0.25, -0.2) is 19.1 Å². The number of ether oxygens (including phenoxy) is 1. The van der Waals surface area contributed by atoms with Gasteiger partial charge in [-0.2, -0.15) is 5.10 Å². The summed E-state index contributed by atoms with van der Waals surface area (Å²) in [4.78, 5) is 33.1. The summed E-state index contributed by atoms with van der Waals surface area (Å²) in [6.45, 7) is 1.92. The summed E-state index contributed by atoms with van der Waals surface area (Å²) in [7, 11) is 0. The third-order valence-corrected chi connectivity index (χ3v) is 7.41. The number of benzene rings is 4. The van der Waals surface area contributed by atoms with Crippen molar-refractivity contribution in [2.45, 2.75) is 6.92 Å². The van der Waals surface area contributed by atoms with Crippen LogP contribution in [0.4, 0.5) is 0 Å². The molecule has 8 heteroatoms. The van der Waals surface area contributed by atoms with Crippen LogP contribution in [-0.4, -0.2) is 37.1 Å². The van der Waals surface area contributed by atoms with Gasteiger partial charge in [0.15, 0.2) is 5.65 Å². The van der Waals surface area contributed by atoms with Crippen LogP contribution in [0.1, 0.15) is 17.3 Å². The molecule has 0 spiro atoms. The summed E-state index contributed by atoms with van der Waals surface area (Å²) in [6.07, 6.45) is 0. The van der Waals surface area contributed by atoms with Crippen LogP contribution in [0, 0.1) is 0 Å². The maximum absolute atomic E-state index is 14.3. The van der Waals surface area contributed by atoms with Crippen molar-refractivity contribution in [3.05, 3.63) is 143 Å². The summed E-state index contributed by atoms with van der Waals surface area (Å²) in [5.41, 5.74) is 5.08. The topological polar surface area (TPSA) is 94.8 Å². The minimum atomic E-state index is -0.575. The Labute approximate surface area is 252 Å². The number of nitrogens with one attached hydrogen (secondary N) is 1. The number of fused-ring (bicyclic) bond motifs is 1. The molecule has 0 saturated heterocycles. The molecule has 0 amide bonds. The number of para-hydroxylation sites is 2. The first-order chi connectivity index (χ1) is 21.6. The number of aromatic nitrogens is 5. The van der Waals surface area contributed by atoms with Crippen molar-refractivity contribution in [2.24, 2.45) is 0 Å². The fourth-order valence-electron chi connectivity index (χ4n) is 5.38. The van der Waals surface area contributed by atoms with E-state index in [1.54, 1.807) is 17.7 Å². The first-order valence-electron chi connectivity index (χ1n) is 14.3. The molecule has 0 saturated carbocycles. The molecule has 0 aliphatic rings. The van der Waals surface area contributed by atoms with Gasteiger partial charge >= 0.3 is 5.97 Å². The molecule has 7 rings (SSSR count). The van der Waals surface area contributed by atoms with Crippen LogP contribution in [0.25, 0.3) is 56.2 Å². The van der Waals surface area contributed by atoms with Gasteiger partial charge in [0, 0.05) is 16.5 Å². The van der Waals surface area contributed by atoms with Gasteiger partial charge in [-0.05, 0) is 37.3 Å². The summed E-state index contributed by atoms with van der Waals surface area (Å²) >= 11 is 0. The summed E-state index contributed by atoms with van der Waals surface area (Å²) < 4.78 is 8.75. The smallest absolute Gasteiger partial charge is 0.340 e. The molecule has 7 aromatic rings.